The van der Waals surface area contributed by atoms with E-state index in [4.69, 9.17) is 10.5 Å². The quantitative estimate of drug-likeness (QED) is 0.658. The minimum absolute atomic E-state index is 0.00324. The average molecular weight is 248 g/mol. The molecule has 1 aliphatic rings. The van der Waals surface area contributed by atoms with Crippen molar-refractivity contribution in [2.24, 2.45) is 0 Å². The van der Waals surface area contributed by atoms with Gasteiger partial charge in [0.2, 0.25) is 0 Å². The van der Waals surface area contributed by atoms with Gasteiger partial charge in [-0.05, 0) is 25.5 Å². The van der Waals surface area contributed by atoms with Gasteiger partial charge >= 0.3 is 0 Å². The van der Waals surface area contributed by atoms with Gasteiger partial charge in [0.05, 0.1) is 5.69 Å². The molecule has 0 aromatic heterocycles. The number of para-hydroxylation sites is 1. The molecule has 4 heteroatoms. The van der Waals surface area contributed by atoms with Crippen molar-refractivity contribution >= 4 is 17.3 Å². The molecule has 1 unspecified atom stereocenters. The van der Waals surface area contributed by atoms with Gasteiger partial charge < -0.3 is 15.4 Å². The Morgan fingerprint density at radius 2 is 2.17 bits per heavy atom. The van der Waals surface area contributed by atoms with Crippen LogP contribution in [0.2, 0.25) is 0 Å². The van der Waals surface area contributed by atoms with Gasteiger partial charge in [0.25, 0.3) is 5.91 Å². The summed E-state index contributed by atoms with van der Waals surface area (Å²) >= 11 is 0. The zero-order valence-corrected chi connectivity index (χ0v) is 11.0. The number of hydrogen-bond donors (Lipinski definition) is 1. The van der Waals surface area contributed by atoms with E-state index in [1.807, 2.05) is 12.1 Å². The second-order valence-corrected chi connectivity index (χ2v) is 4.65. The van der Waals surface area contributed by atoms with Crippen LogP contribution in [0, 0.1) is 0 Å². The molecule has 98 valence electrons. The lowest BCUT2D eigenvalue weighted by Crippen LogP contribution is -2.45. The summed E-state index contributed by atoms with van der Waals surface area (Å²) in [5, 5.41) is 0. The Morgan fingerprint density at radius 3 is 2.89 bits per heavy atom. The van der Waals surface area contributed by atoms with Crippen molar-refractivity contribution in [1.29, 1.82) is 0 Å². The molecule has 0 spiro atoms. The highest BCUT2D eigenvalue weighted by Crippen LogP contribution is 2.38. The third-order valence-corrected chi connectivity index (χ3v) is 3.20. The number of rotatable bonds is 4. The number of nitrogen functional groups attached to an aromatic ring is 1. The van der Waals surface area contributed by atoms with Gasteiger partial charge in [-0.2, -0.15) is 0 Å². The highest BCUT2D eigenvalue weighted by molar-refractivity contribution is 6.02. The maximum Gasteiger partial charge on any atom is 0.267 e. The normalized spacial score (nSPS) is 18.4. The molecule has 1 atom stereocenters. The summed E-state index contributed by atoms with van der Waals surface area (Å²) in [5.41, 5.74) is 7.30. The molecular formula is C14H20N2O2. The molecule has 1 heterocycles. The summed E-state index contributed by atoms with van der Waals surface area (Å²) in [7, 11) is 0. The van der Waals surface area contributed by atoms with Crippen molar-refractivity contribution in [3.63, 3.8) is 0 Å². The highest BCUT2D eigenvalue weighted by Gasteiger charge is 2.32. The first-order valence-corrected chi connectivity index (χ1v) is 6.51. The van der Waals surface area contributed by atoms with Crippen LogP contribution in [0.15, 0.2) is 18.2 Å². The summed E-state index contributed by atoms with van der Waals surface area (Å²) in [4.78, 5) is 14.0. The number of carbonyl (C=O) groups excluding carboxylic acids is 1. The molecule has 18 heavy (non-hydrogen) atoms. The van der Waals surface area contributed by atoms with Crippen LogP contribution in [0.5, 0.6) is 5.75 Å². The Bertz CT molecular complexity index is 445. The zero-order chi connectivity index (χ0) is 13.1. The largest absolute Gasteiger partial charge is 0.479 e. The molecular weight excluding hydrogens is 228 g/mol. The van der Waals surface area contributed by atoms with Crippen LogP contribution in [0.4, 0.5) is 11.4 Å². The molecule has 0 fully saturated rings. The van der Waals surface area contributed by atoms with Gasteiger partial charge in [-0.3, -0.25) is 4.79 Å². The minimum atomic E-state index is -0.430. The van der Waals surface area contributed by atoms with E-state index in [1.54, 1.807) is 17.9 Å². The van der Waals surface area contributed by atoms with E-state index >= 15 is 0 Å². The number of anilines is 2. The zero-order valence-electron chi connectivity index (χ0n) is 11.0. The molecule has 0 bridgehead atoms. The molecule has 1 aromatic carbocycles. The summed E-state index contributed by atoms with van der Waals surface area (Å²) in [6.07, 6.45) is 2.80. The van der Waals surface area contributed by atoms with Crippen molar-refractivity contribution < 1.29 is 9.53 Å². The molecule has 2 N–H and O–H groups in total. The standard InChI is InChI=1S/C14H20N2O2/c1-3-4-5-9-16-13-11(15)7-6-8-12(13)18-10(2)14(16)17/h6-8,10H,3-5,9,15H2,1-2H3. The molecule has 4 nitrogen and oxygen atoms in total. The maximum atomic E-state index is 12.2. The van der Waals surface area contributed by atoms with Crippen molar-refractivity contribution in [3.05, 3.63) is 18.2 Å². The van der Waals surface area contributed by atoms with Gasteiger partial charge in [0, 0.05) is 6.54 Å². The van der Waals surface area contributed by atoms with E-state index in [2.05, 4.69) is 6.92 Å². The van der Waals surface area contributed by atoms with Crippen LogP contribution >= 0.6 is 0 Å². The summed E-state index contributed by atoms with van der Waals surface area (Å²) in [5.74, 6) is 0.704. The van der Waals surface area contributed by atoms with Crippen LogP contribution in [0.3, 0.4) is 0 Å². The van der Waals surface area contributed by atoms with E-state index < -0.39 is 6.10 Å². The predicted octanol–water partition coefficient (Wildman–Crippen LogP) is 2.57. The Balaban J connectivity index is 2.29. The fourth-order valence-electron chi connectivity index (χ4n) is 2.24. The fraction of sp³-hybridized carbons (Fsp3) is 0.500. The SMILES string of the molecule is CCCCCN1C(=O)C(C)Oc2cccc(N)c21. The number of carbonyl (C=O) groups is 1. The van der Waals surface area contributed by atoms with Crippen LogP contribution in [0.1, 0.15) is 33.1 Å². The summed E-state index contributed by atoms with van der Waals surface area (Å²) in [6, 6.07) is 5.51. The Labute approximate surface area is 108 Å². The summed E-state index contributed by atoms with van der Waals surface area (Å²) < 4.78 is 5.59. The van der Waals surface area contributed by atoms with Crippen LogP contribution in [-0.4, -0.2) is 18.6 Å². The van der Waals surface area contributed by atoms with Crippen molar-refractivity contribution in [3.8, 4) is 5.75 Å². The monoisotopic (exact) mass is 248 g/mol. The number of amides is 1. The number of ether oxygens (including phenoxy) is 1. The third kappa shape index (κ3) is 2.28. The van der Waals surface area contributed by atoms with Gasteiger partial charge in [0.1, 0.15) is 11.4 Å². The van der Waals surface area contributed by atoms with Crippen molar-refractivity contribution in [2.75, 3.05) is 17.2 Å². The first kappa shape index (κ1) is 12.7. The minimum Gasteiger partial charge on any atom is -0.479 e. The average Bonchev–Trinajstić information content (AvgIpc) is 2.34. The third-order valence-electron chi connectivity index (χ3n) is 3.20. The number of hydrogen-bond acceptors (Lipinski definition) is 3. The predicted molar refractivity (Wildman–Crippen MR) is 72.8 cm³/mol. The number of benzene rings is 1. The second kappa shape index (κ2) is 5.29. The maximum absolute atomic E-state index is 12.2. The Hall–Kier alpha value is -1.71. The fourth-order valence-corrected chi connectivity index (χ4v) is 2.24. The number of nitrogens with zero attached hydrogens (tertiary/aromatic N) is 1. The Kier molecular flexibility index (Phi) is 3.75. The van der Waals surface area contributed by atoms with Gasteiger partial charge in [-0.15, -0.1) is 0 Å². The van der Waals surface area contributed by atoms with Crippen LogP contribution < -0.4 is 15.4 Å². The lowest BCUT2D eigenvalue weighted by Gasteiger charge is -2.33. The van der Waals surface area contributed by atoms with Crippen LogP contribution in [0.25, 0.3) is 0 Å². The van der Waals surface area contributed by atoms with Gasteiger partial charge in [0.15, 0.2) is 6.10 Å². The number of fused-ring (bicyclic) bond motifs is 1. The molecule has 1 amide bonds. The molecule has 0 aliphatic carbocycles. The van der Waals surface area contributed by atoms with E-state index in [0.29, 0.717) is 18.0 Å². The van der Waals surface area contributed by atoms with E-state index in [-0.39, 0.29) is 5.91 Å². The first-order valence-electron chi connectivity index (χ1n) is 6.51. The first-order chi connectivity index (χ1) is 8.65. The smallest absolute Gasteiger partial charge is 0.267 e. The number of unbranched alkanes of at least 4 members (excludes halogenated alkanes) is 2. The van der Waals surface area contributed by atoms with Crippen molar-refractivity contribution in [1.82, 2.24) is 0 Å². The lowest BCUT2D eigenvalue weighted by atomic mass is 10.1. The lowest BCUT2D eigenvalue weighted by molar-refractivity contribution is -0.125. The number of nitrogens with two attached hydrogens (primary N) is 1. The van der Waals surface area contributed by atoms with Crippen LogP contribution in [-0.2, 0) is 4.79 Å². The molecule has 0 saturated heterocycles. The summed E-state index contributed by atoms with van der Waals surface area (Å²) in [6.45, 7) is 4.63. The topological polar surface area (TPSA) is 55.6 Å². The van der Waals surface area contributed by atoms with E-state index in [9.17, 15) is 4.79 Å². The second-order valence-electron chi connectivity index (χ2n) is 4.65. The Morgan fingerprint density at radius 1 is 1.39 bits per heavy atom. The molecule has 1 aliphatic heterocycles. The van der Waals surface area contributed by atoms with Crippen molar-refractivity contribution in [2.45, 2.75) is 39.2 Å². The van der Waals surface area contributed by atoms with E-state index in [0.717, 1.165) is 24.9 Å². The molecule has 0 saturated carbocycles. The molecule has 0 radical (unpaired) electrons. The molecule has 2 rings (SSSR count). The highest BCUT2D eigenvalue weighted by atomic mass is 16.5. The van der Waals surface area contributed by atoms with E-state index in [1.165, 1.54) is 0 Å². The van der Waals surface area contributed by atoms with Gasteiger partial charge in [-0.1, -0.05) is 25.8 Å². The van der Waals surface area contributed by atoms with Gasteiger partial charge in [-0.25, -0.2) is 0 Å². The molecule has 1 aromatic rings.